The first-order valence-electron chi connectivity index (χ1n) is 4.58. The fourth-order valence-corrected chi connectivity index (χ4v) is 1.60. The number of aromatic nitrogens is 1. The highest BCUT2D eigenvalue weighted by molar-refractivity contribution is 5.43. The molecule has 2 rings (SSSR count). The molecule has 2 heteroatoms. The lowest BCUT2D eigenvalue weighted by Crippen LogP contribution is -2.18. The molecule has 13 heavy (non-hydrogen) atoms. The molecule has 0 saturated carbocycles. The second-order valence-electron chi connectivity index (χ2n) is 3.24. The van der Waals surface area contributed by atoms with Gasteiger partial charge in [-0.05, 0) is 25.0 Å². The van der Waals surface area contributed by atoms with Gasteiger partial charge in [0.25, 0.3) is 0 Å². The summed E-state index contributed by atoms with van der Waals surface area (Å²) >= 11 is 0. The van der Waals surface area contributed by atoms with Crippen molar-refractivity contribution in [2.75, 3.05) is 18.0 Å². The molecule has 0 radical (unpaired) electrons. The Hall–Kier alpha value is -1.49. The minimum Gasteiger partial charge on any atom is -0.357 e. The molecule has 2 heterocycles. The van der Waals surface area contributed by atoms with E-state index in [1.54, 1.807) is 6.20 Å². The van der Waals surface area contributed by atoms with Crippen molar-refractivity contribution >= 4 is 5.82 Å². The summed E-state index contributed by atoms with van der Waals surface area (Å²) in [6.07, 6.45) is 9.56. The predicted octanol–water partition coefficient (Wildman–Crippen LogP) is 1.66. The summed E-state index contributed by atoms with van der Waals surface area (Å²) in [5, 5.41) is 0. The van der Waals surface area contributed by atoms with Crippen LogP contribution in [-0.2, 0) is 0 Å². The van der Waals surface area contributed by atoms with Gasteiger partial charge in [0.05, 0.1) is 0 Å². The zero-order valence-electron chi connectivity index (χ0n) is 7.53. The number of hydrogen-bond donors (Lipinski definition) is 0. The van der Waals surface area contributed by atoms with Gasteiger partial charge in [-0.1, -0.05) is 5.92 Å². The Morgan fingerprint density at radius 3 is 2.62 bits per heavy atom. The monoisotopic (exact) mass is 172 g/mol. The predicted molar refractivity (Wildman–Crippen MR) is 53.6 cm³/mol. The summed E-state index contributed by atoms with van der Waals surface area (Å²) in [7, 11) is 0. The number of pyridine rings is 1. The van der Waals surface area contributed by atoms with E-state index in [0.29, 0.717) is 0 Å². The molecule has 0 N–H and O–H groups in total. The molecule has 66 valence electrons. The Bertz CT molecular complexity index is 315. The second kappa shape index (κ2) is 3.49. The molecule has 1 saturated heterocycles. The molecule has 1 fully saturated rings. The maximum atomic E-state index is 5.25. The van der Waals surface area contributed by atoms with Gasteiger partial charge in [-0.25, -0.2) is 4.98 Å². The van der Waals surface area contributed by atoms with Crippen molar-refractivity contribution < 1.29 is 0 Å². The van der Waals surface area contributed by atoms with E-state index in [-0.39, 0.29) is 0 Å². The summed E-state index contributed by atoms with van der Waals surface area (Å²) in [4.78, 5) is 6.61. The third kappa shape index (κ3) is 1.65. The van der Waals surface area contributed by atoms with Gasteiger partial charge in [-0.3, -0.25) is 0 Å². The molecule has 0 amide bonds. The van der Waals surface area contributed by atoms with Crippen LogP contribution in [0, 0.1) is 12.3 Å². The van der Waals surface area contributed by atoms with Gasteiger partial charge in [0.15, 0.2) is 0 Å². The Morgan fingerprint density at radius 2 is 2.08 bits per heavy atom. The van der Waals surface area contributed by atoms with Crippen LogP contribution in [0.15, 0.2) is 18.3 Å². The van der Waals surface area contributed by atoms with Crippen LogP contribution in [0.25, 0.3) is 0 Å². The summed E-state index contributed by atoms with van der Waals surface area (Å²) in [6.45, 7) is 2.25. The Morgan fingerprint density at radius 1 is 1.31 bits per heavy atom. The third-order valence-electron chi connectivity index (χ3n) is 2.34. The van der Waals surface area contributed by atoms with Crippen LogP contribution in [0.5, 0.6) is 0 Å². The lowest BCUT2D eigenvalue weighted by atomic mass is 10.3. The average molecular weight is 172 g/mol. The van der Waals surface area contributed by atoms with Crippen molar-refractivity contribution in [2.24, 2.45) is 0 Å². The van der Waals surface area contributed by atoms with Crippen LogP contribution in [-0.4, -0.2) is 18.1 Å². The van der Waals surface area contributed by atoms with Gasteiger partial charge in [0.1, 0.15) is 5.82 Å². The number of anilines is 1. The molecular weight excluding hydrogens is 160 g/mol. The largest absolute Gasteiger partial charge is 0.357 e. The van der Waals surface area contributed by atoms with Crippen molar-refractivity contribution in [3.8, 4) is 12.3 Å². The fraction of sp³-hybridized carbons (Fsp3) is 0.364. The standard InChI is InChI=1S/C11H12N2/c1-2-10-5-6-11(12-9-10)13-7-3-4-8-13/h1,5-6,9H,3-4,7-8H2. The first-order chi connectivity index (χ1) is 6.40. The van der Waals surface area contributed by atoms with Crippen LogP contribution in [0.3, 0.4) is 0 Å². The molecule has 0 spiro atoms. The summed E-state index contributed by atoms with van der Waals surface area (Å²) in [5.74, 6) is 3.62. The number of rotatable bonds is 1. The van der Waals surface area contributed by atoms with Crippen LogP contribution in [0.4, 0.5) is 5.82 Å². The number of terminal acetylenes is 1. The lowest BCUT2D eigenvalue weighted by molar-refractivity contribution is 0.937. The molecule has 0 atom stereocenters. The van der Waals surface area contributed by atoms with Gasteiger partial charge in [0.2, 0.25) is 0 Å². The van der Waals surface area contributed by atoms with E-state index in [0.717, 1.165) is 24.5 Å². The molecule has 1 aliphatic heterocycles. The third-order valence-corrected chi connectivity index (χ3v) is 2.34. The van der Waals surface area contributed by atoms with Gasteiger partial charge >= 0.3 is 0 Å². The molecule has 2 nitrogen and oxygen atoms in total. The zero-order chi connectivity index (χ0) is 9.10. The van der Waals surface area contributed by atoms with Crippen LogP contribution in [0.1, 0.15) is 18.4 Å². The van der Waals surface area contributed by atoms with Crippen LogP contribution in [0.2, 0.25) is 0 Å². The molecule has 1 aliphatic rings. The highest BCUT2D eigenvalue weighted by Gasteiger charge is 2.12. The molecule has 0 aliphatic carbocycles. The maximum Gasteiger partial charge on any atom is 0.128 e. The Kier molecular flexibility index (Phi) is 2.18. The minimum atomic E-state index is 0.850. The van der Waals surface area contributed by atoms with Crippen LogP contribution < -0.4 is 4.90 Å². The normalized spacial score (nSPS) is 15.8. The molecule has 1 aromatic rings. The molecular formula is C11H12N2. The Balaban J connectivity index is 2.18. The average Bonchev–Trinajstić information content (AvgIpc) is 2.71. The fourth-order valence-electron chi connectivity index (χ4n) is 1.60. The maximum absolute atomic E-state index is 5.25. The van der Waals surface area contributed by atoms with Gasteiger partial charge in [-0.15, -0.1) is 6.42 Å². The van der Waals surface area contributed by atoms with E-state index in [1.165, 1.54) is 12.8 Å². The Labute approximate surface area is 78.6 Å². The first-order valence-corrected chi connectivity index (χ1v) is 4.58. The number of nitrogens with zero attached hydrogens (tertiary/aromatic N) is 2. The van der Waals surface area contributed by atoms with E-state index in [2.05, 4.69) is 15.8 Å². The van der Waals surface area contributed by atoms with Crippen molar-refractivity contribution in [1.29, 1.82) is 0 Å². The number of hydrogen-bond acceptors (Lipinski definition) is 2. The van der Waals surface area contributed by atoms with E-state index in [4.69, 9.17) is 6.42 Å². The van der Waals surface area contributed by atoms with E-state index in [1.807, 2.05) is 12.1 Å². The second-order valence-corrected chi connectivity index (χ2v) is 3.24. The van der Waals surface area contributed by atoms with E-state index < -0.39 is 0 Å². The smallest absolute Gasteiger partial charge is 0.128 e. The lowest BCUT2D eigenvalue weighted by Gasteiger charge is -2.15. The SMILES string of the molecule is C#Cc1ccc(N2CCCC2)nc1. The summed E-state index contributed by atoms with van der Waals surface area (Å²) in [6, 6.07) is 3.95. The highest BCUT2D eigenvalue weighted by atomic mass is 15.2. The molecule has 1 aromatic heterocycles. The molecule has 0 unspecified atom stereocenters. The first kappa shape index (κ1) is 8.12. The molecule has 0 aromatic carbocycles. The topological polar surface area (TPSA) is 16.1 Å². The van der Waals surface area contributed by atoms with Gasteiger partial charge in [-0.2, -0.15) is 0 Å². The van der Waals surface area contributed by atoms with Gasteiger partial charge in [0, 0.05) is 24.8 Å². The van der Waals surface area contributed by atoms with Crippen molar-refractivity contribution in [2.45, 2.75) is 12.8 Å². The quantitative estimate of drug-likeness (QED) is 0.599. The van der Waals surface area contributed by atoms with Crippen molar-refractivity contribution in [1.82, 2.24) is 4.98 Å². The van der Waals surface area contributed by atoms with E-state index in [9.17, 15) is 0 Å². The molecule has 0 bridgehead atoms. The van der Waals surface area contributed by atoms with Crippen LogP contribution >= 0.6 is 0 Å². The minimum absolute atomic E-state index is 0.850. The van der Waals surface area contributed by atoms with E-state index >= 15 is 0 Å². The summed E-state index contributed by atoms with van der Waals surface area (Å²) < 4.78 is 0. The van der Waals surface area contributed by atoms with Gasteiger partial charge < -0.3 is 4.90 Å². The summed E-state index contributed by atoms with van der Waals surface area (Å²) in [5.41, 5.74) is 0.850. The zero-order valence-corrected chi connectivity index (χ0v) is 7.53. The van der Waals surface area contributed by atoms with Crippen molar-refractivity contribution in [3.63, 3.8) is 0 Å². The van der Waals surface area contributed by atoms with Crippen molar-refractivity contribution in [3.05, 3.63) is 23.9 Å². The highest BCUT2D eigenvalue weighted by Crippen LogP contribution is 2.16.